The van der Waals surface area contributed by atoms with Crippen molar-refractivity contribution < 1.29 is 0 Å². The van der Waals surface area contributed by atoms with E-state index < -0.39 is 0 Å². The summed E-state index contributed by atoms with van der Waals surface area (Å²) < 4.78 is 0. The Balaban J connectivity index is 1.39. The first kappa shape index (κ1) is 20.3. The van der Waals surface area contributed by atoms with Crippen LogP contribution in [0.2, 0.25) is 0 Å². The van der Waals surface area contributed by atoms with Gasteiger partial charge in [-0.2, -0.15) is 0 Å². The number of hydrogen-bond donors (Lipinski definition) is 0. The molecule has 0 heterocycles. The summed E-state index contributed by atoms with van der Waals surface area (Å²) in [4.78, 5) is 0. The van der Waals surface area contributed by atoms with E-state index in [1.165, 1.54) is 76.6 Å². The topological polar surface area (TPSA) is 0 Å². The molecule has 3 aliphatic rings. The van der Waals surface area contributed by atoms with Gasteiger partial charge < -0.3 is 0 Å². The minimum Gasteiger partial charge on any atom is -0.0726 e. The molecule has 31 heavy (non-hydrogen) atoms. The van der Waals surface area contributed by atoms with Crippen LogP contribution in [-0.4, -0.2) is 0 Å². The molecule has 0 N–H and O–H groups in total. The predicted octanol–water partition coefficient (Wildman–Crippen LogP) is 8.34. The second kappa shape index (κ2) is 8.50. The smallest absolute Gasteiger partial charge is 0.0281 e. The minimum absolute atomic E-state index is 0.392. The average Bonchev–Trinajstić information content (AvgIpc) is 3.29. The number of hydrogen-bond acceptors (Lipinski definition) is 0. The molecule has 1 fully saturated rings. The molecule has 1 atom stereocenters. The van der Waals surface area contributed by atoms with Crippen LogP contribution in [0.5, 0.6) is 0 Å². The van der Waals surface area contributed by atoms with Crippen molar-refractivity contribution in [1.82, 2.24) is 0 Å². The lowest BCUT2D eigenvalue weighted by molar-refractivity contribution is 0.443. The lowest BCUT2D eigenvalue weighted by atomic mass is 9.78. The molecule has 1 unspecified atom stereocenters. The van der Waals surface area contributed by atoms with E-state index >= 15 is 0 Å². The predicted molar refractivity (Wildman–Crippen MR) is 133 cm³/mol. The molecule has 5 rings (SSSR count). The number of allylic oxidation sites excluding steroid dienone is 8. The summed E-state index contributed by atoms with van der Waals surface area (Å²) >= 11 is 0. The summed E-state index contributed by atoms with van der Waals surface area (Å²) in [5.41, 5.74) is 12.9. The molecule has 0 radical (unpaired) electrons. The zero-order chi connectivity index (χ0) is 21.4. The third-order valence-corrected chi connectivity index (χ3v) is 7.80. The Hall–Kier alpha value is -2.60. The van der Waals surface area contributed by atoms with Crippen LogP contribution in [0.1, 0.15) is 71.4 Å². The van der Waals surface area contributed by atoms with Crippen LogP contribution in [-0.2, 0) is 6.42 Å². The molecule has 1 saturated carbocycles. The van der Waals surface area contributed by atoms with Gasteiger partial charge >= 0.3 is 0 Å². The summed E-state index contributed by atoms with van der Waals surface area (Å²) in [6.07, 6.45) is 19.7. The Morgan fingerprint density at radius 3 is 2.19 bits per heavy atom. The van der Waals surface area contributed by atoms with Crippen molar-refractivity contribution in [2.24, 2.45) is 5.92 Å². The van der Waals surface area contributed by atoms with Gasteiger partial charge in [-0.25, -0.2) is 0 Å². The second-order valence-electron chi connectivity index (χ2n) is 9.79. The first-order valence-corrected chi connectivity index (χ1v) is 12.1. The van der Waals surface area contributed by atoms with Crippen LogP contribution in [0.3, 0.4) is 0 Å². The molecule has 0 aliphatic heterocycles. The van der Waals surface area contributed by atoms with Crippen LogP contribution in [0, 0.1) is 26.7 Å². The van der Waals surface area contributed by atoms with Crippen molar-refractivity contribution in [3.63, 3.8) is 0 Å². The van der Waals surface area contributed by atoms with Gasteiger partial charge in [-0.3, -0.25) is 0 Å². The molecule has 0 amide bonds. The van der Waals surface area contributed by atoms with Crippen LogP contribution < -0.4 is 0 Å². The highest BCUT2D eigenvalue weighted by Gasteiger charge is 2.26. The van der Waals surface area contributed by atoms with Gasteiger partial charge in [-0.15, -0.1) is 0 Å². The van der Waals surface area contributed by atoms with E-state index in [1.54, 1.807) is 5.56 Å². The summed E-state index contributed by atoms with van der Waals surface area (Å²) in [6, 6.07) is 14.3. The van der Waals surface area contributed by atoms with Gasteiger partial charge in [0.25, 0.3) is 0 Å². The lowest BCUT2D eigenvalue weighted by Gasteiger charge is -2.26. The molecule has 158 valence electrons. The van der Waals surface area contributed by atoms with Crippen molar-refractivity contribution in [2.75, 3.05) is 0 Å². The molecule has 0 aromatic heterocycles. The molecule has 0 saturated heterocycles. The van der Waals surface area contributed by atoms with Gasteiger partial charge in [0.15, 0.2) is 0 Å². The fourth-order valence-corrected chi connectivity index (χ4v) is 5.65. The minimum atomic E-state index is 0.392. The molecule has 0 bridgehead atoms. The van der Waals surface area contributed by atoms with Gasteiger partial charge in [0.1, 0.15) is 0 Å². The Morgan fingerprint density at radius 2 is 1.48 bits per heavy atom. The van der Waals surface area contributed by atoms with E-state index in [2.05, 4.69) is 87.5 Å². The van der Waals surface area contributed by atoms with Gasteiger partial charge in [0, 0.05) is 5.92 Å². The normalized spacial score (nSPS) is 20.9. The molecule has 0 nitrogen and oxygen atoms in total. The van der Waals surface area contributed by atoms with Crippen LogP contribution in [0.15, 0.2) is 77.9 Å². The number of fused-ring (bicyclic) bond motifs is 1. The SMILES string of the molecule is Cc1cc(C2=CC=C(Cc3ccc(C4CCCCC4)cc3)C3=CC=CC32)cc(C)c1C. The van der Waals surface area contributed by atoms with Gasteiger partial charge in [0.2, 0.25) is 0 Å². The van der Waals surface area contributed by atoms with Crippen molar-refractivity contribution in [3.8, 4) is 0 Å². The fourth-order valence-electron chi connectivity index (χ4n) is 5.65. The maximum absolute atomic E-state index is 2.40. The van der Waals surface area contributed by atoms with Crippen molar-refractivity contribution in [2.45, 2.75) is 65.2 Å². The van der Waals surface area contributed by atoms with E-state index in [1.807, 2.05) is 0 Å². The Labute approximate surface area is 188 Å². The molecular weight excluding hydrogens is 372 g/mol. The molecule has 2 aromatic rings. The van der Waals surface area contributed by atoms with E-state index in [9.17, 15) is 0 Å². The van der Waals surface area contributed by atoms with Crippen LogP contribution in [0.25, 0.3) is 5.57 Å². The maximum Gasteiger partial charge on any atom is 0.0281 e. The first-order chi connectivity index (χ1) is 15.1. The highest BCUT2D eigenvalue weighted by Crippen LogP contribution is 2.42. The molecule has 0 heteroatoms. The summed E-state index contributed by atoms with van der Waals surface area (Å²) in [5, 5.41) is 0. The average molecular weight is 407 g/mol. The molecule has 0 spiro atoms. The third kappa shape index (κ3) is 4.01. The zero-order valence-electron chi connectivity index (χ0n) is 19.2. The Bertz CT molecular complexity index is 1070. The van der Waals surface area contributed by atoms with Gasteiger partial charge in [-0.1, -0.05) is 86.0 Å². The van der Waals surface area contributed by atoms with Crippen molar-refractivity contribution >= 4 is 5.57 Å². The summed E-state index contributed by atoms with van der Waals surface area (Å²) in [6.45, 7) is 6.69. The largest absolute Gasteiger partial charge is 0.0726 e. The maximum atomic E-state index is 2.40. The third-order valence-electron chi connectivity index (χ3n) is 7.80. The summed E-state index contributed by atoms with van der Waals surface area (Å²) in [7, 11) is 0. The number of rotatable bonds is 4. The van der Waals surface area contributed by atoms with Crippen molar-refractivity contribution in [1.29, 1.82) is 0 Å². The highest BCUT2D eigenvalue weighted by atomic mass is 14.3. The zero-order valence-corrected chi connectivity index (χ0v) is 19.2. The Kier molecular flexibility index (Phi) is 5.57. The van der Waals surface area contributed by atoms with Gasteiger partial charge in [0.05, 0.1) is 0 Å². The molecule has 3 aliphatic carbocycles. The quantitative estimate of drug-likeness (QED) is 0.478. The second-order valence-corrected chi connectivity index (χ2v) is 9.79. The number of benzene rings is 2. The van der Waals surface area contributed by atoms with Crippen LogP contribution >= 0.6 is 0 Å². The van der Waals surface area contributed by atoms with Crippen LogP contribution in [0.4, 0.5) is 0 Å². The summed E-state index contributed by atoms with van der Waals surface area (Å²) in [5.74, 6) is 1.18. The fraction of sp³-hybridized carbons (Fsp3) is 0.355. The van der Waals surface area contributed by atoms with E-state index in [0.717, 1.165) is 12.3 Å². The first-order valence-electron chi connectivity index (χ1n) is 12.1. The van der Waals surface area contributed by atoms with E-state index in [4.69, 9.17) is 0 Å². The van der Waals surface area contributed by atoms with Crippen molar-refractivity contribution in [3.05, 3.63) is 111 Å². The van der Waals surface area contributed by atoms with E-state index in [0.29, 0.717) is 5.92 Å². The molecular formula is C31H34. The number of aryl methyl sites for hydroxylation is 2. The van der Waals surface area contributed by atoms with E-state index in [-0.39, 0.29) is 0 Å². The lowest BCUT2D eigenvalue weighted by Crippen LogP contribution is -2.10. The molecule has 2 aromatic carbocycles. The standard InChI is InChI=1S/C31H34/c1-21-18-28(19-22(2)23(21)3)30-17-16-27(29-10-7-11-31(29)30)20-24-12-14-26(15-13-24)25-8-5-4-6-9-25/h7,10-19,25,31H,4-6,8-9,20H2,1-3H3. The monoisotopic (exact) mass is 406 g/mol. The highest BCUT2D eigenvalue weighted by molar-refractivity contribution is 5.79. The Morgan fingerprint density at radius 1 is 0.774 bits per heavy atom. The van der Waals surface area contributed by atoms with Gasteiger partial charge in [-0.05, 0) is 96.1 Å².